The maximum Gasteiger partial charge on any atom is 0.234 e. The van der Waals surface area contributed by atoms with Gasteiger partial charge < -0.3 is 15.0 Å². The number of halogens is 1. The first-order valence-corrected chi connectivity index (χ1v) is 9.83. The average molecular weight is 385 g/mol. The lowest BCUT2D eigenvalue weighted by Gasteiger charge is -2.34. The van der Waals surface area contributed by atoms with Crippen LogP contribution in [0, 0.1) is 5.82 Å². The Morgan fingerprint density at radius 2 is 1.64 bits per heavy atom. The fraction of sp³-hybridized carbons (Fsp3) is 0.409. The van der Waals surface area contributed by atoms with Gasteiger partial charge in [-0.25, -0.2) is 4.39 Å². The van der Waals surface area contributed by atoms with E-state index in [4.69, 9.17) is 4.74 Å². The highest BCUT2D eigenvalue weighted by atomic mass is 19.1. The number of rotatable bonds is 9. The number of hydrogen-bond donors (Lipinski definition) is 1. The minimum atomic E-state index is -0.251. The van der Waals surface area contributed by atoms with Crippen LogP contribution in [0.3, 0.4) is 0 Å². The predicted molar refractivity (Wildman–Crippen MR) is 108 cm³/mol. The van der Waals surface area contributed by atoms with Crippen LogP contribution in [0.25, 0.3) is 0 Å². The van der Waals surface area contributed by atoms with Gasteiger partial charge in [0.1, 0.15) is 11.6 Å². The van der Waals surface area contributed by atoms with E-state index >= 15 is 0 Å². The summed E-state index contributed by atoms with van der Waals surface area (Å²) in [7, 11) is 0. The molecular formula is C22H28FN3O2. The van der Waals surface area contributed by atoms with E-state index in [0.717, 1.165) is 44.7 Å². The quantitative estimate of drug-likeness (QED) is 0.674. The Balaban J connectivity index is 1.26. The largest absolute Gasteiger partial charge is 0.494 e. The van der Waals surface area contributed by atoms with Crippen molar-refractivity contribution in [3.63, 3.8) is 0 Å². The van der Waals surface area contributed by atoms with Gasteiger partial charge in [-0.1, -0.05) is 30.3 Å². The molecule has 1 saturated heterocycles. The van der Waals surface area contributed by atoms with Gasteiger partial charge >= 0.3 is 0 Å². The summed E-state index contributed by atoms with van der Waals surface area (Å²) in [6.45, 7) is 6.34. The molecule has 0 bridgehead atoms. The molecule has 1 amide bonds. The highest BCUT2D eigenvalue weighted by Gasteiger charge is 2.18. The Kier molecular flexibility index (Phi) is 7.82. The molecule has 1 aliphatic heterocycles. The number of piperazine rings is 1. The van der Waals surface area contributed by atoms with Crippen molar-refractivity contribution in [1.29, 1.82) is 0 Å². The van der Waals surface area contributed by atoms with Crippen molar-refractivity contribution < 1.29 is 13.9 Å². The Morgan fingerprint density at radius 1 is 0.964 bits per heavy atom. The number of benzene rings is 2. The van der Waals surface area contributed by atoms with Crippen molar-refractivity contribution in [2.24, 2.45) is 0 Å². The molecule has 5 nitrogen and oxygen atoms in total. The Bertz CT molecular complexity index is 716. The third-order valence-corrected chi connectivity index (χ3v) is 4.87. The van der Waals surface area contributed by atoms with Crippen LogP contribution in [0.15, 0.2) is 54.6 Å². The van der Waals surface area contributed by atoms with Crippen LogP contribution in [0.5, 0.6) is 5.75 Å². The van der Waals surface area contributed by atoms with Crippen molar-refractivity contribution in [3.05, 3.63) is 66.0 Å². The molecule has 0 atom stereocenters. The molecule has 2 aromatic rings. The number of ether oxygens (including phenoxy) is 1. The van der Waals surface area contributed by atoms with Crippen LogP contribution < -0.4 is 10.1 Å². The Labute approximate surface area is 166 Å². The molecule has 0 radical (unpaired) electrons. The molecule has 1 fully saturated rings. The first kappa shape index (κ1) is 20.3. The molecule has 1 heterocycles. The Morgan fingerprint density at radius 3 is 2.36 bits per heavy atom. The van der Waals surface area contributed by atoms with Crippen LogP contribution in [0.4, 0.5) is 4.39 Å². The maximum absolute atomic E-state index is 12.9. The second-order valence-corrected chi connectivity index (χ2v) is 7.04. The van der Waals surface area contributed by atoms with Gasteiger partial charge in [-0.2, -0.15) is 0 Å². The number of hydrogen-bond acceptors (Lipinski definition) is 4. The predicted octanol–water partition coefficient (Wildman–Crippen LogP) is 2.53. The first-order valence-electron chi connectivity index (χ1n) is 9.83. The highest BCUT2D eigenvalue weighted by Crippen LogP contribution is 2.11. The van der Waals surface area contributed by atoms with E-state index in [0.29, 0.717) is 25.4 Å². The fourth-order valence-corrected chi connectivity index (χ4v) is 3.24. The summed E-state index contributed by atoms with van der Waals surface area (Å²) in [6.07, 6.45) is 0.926. The first-order chi connectivity index (χ1) is 13.7. The number of carbonyl (C=O) groups is 1. The lowest BCUT2D eigenvalue weighted by molar-refractivity contribution is -0.122. The van der Waals surface area contributed by atoms with E-state index in [-0.39, 0.29) is 11.7 Å². The molecule has 3 rings (SSSR count). The summed E-state index contributed by atoms with van der Waals surface area (Å²) in [6, 6.07) is 16.1. The number of nitrogens with one attached hydrogen (secondary N) is 1. The summed E-state index contributed by atoms with van der Waals surface area (Å²) in [4.78, 5) is 16.7. The zero-order chi connectivity index (χ0) is 19.6. The minimum absolute atomic E-state index is 0.0741. The highest BCUT2D eigenvalue weighted by molar-refractivity contribution is 5.78. The zero-order valence-corrected chi connectivity index (χ0v) is 16.1. The summed E-state index contributed by atoms with van der Waals surface area (Å²) >= 11 is 0. The summed E-state index contributed by atoms with van der Waals surface area (Å²) in [5.41, 5.74) is 1.11. The van der Waals surface area contributed by atoms with E-state index in [1.807, 2.05) is 30.3 Å². The van der Waals surface area contributed by atoms with Crippen LogP contribution >= 0.6 is 0 Å². The molecule has 0 aliphatic carbocycles. The van der Waals surface area contributed by atoms with Gasteiger partial charge in [-0.3, -0.25) is 9.69 Å². The summed E-state index contributed by atoms with van der Waals surface area (Å²) < 4.78 is 18.5. The smallest absolute Gasteiger partial charge is 0.234 e. The maximum atomic E-state index is 12.9. The molecule has 1 aliphatic rings. The van der Waals surface area contributed by atoms with Crippen LogP contribution in [-0.2, 0) is 11.3 Å². The van der Waals surface area contributed by atoms with Gasteiger partial charge in [-0.05, 0) is 36.2 Å². The van der Waals surface area contributed by atoms with Crippen molar-refractivity contribution >= 4 is 5.91 Å². The Hall–Kier alpha value is -2.44. The summed E-state index contributed by atoms with van der Waals surface area (Å²) in [5.74, 6) is 0.525. The average Bonchev–Trinajstić information content (AvgIpc) is 2.73. The van der Waals surface area contributed by atoms with Gasteiger partial charge in [0.15, 0.2) is 0 Å². The molecule has 2 aromatic carbocycles. The minimum Gasteiger partial charge on any atom is -0.494 e. The van der Waals surface area contributed by atoms with Gasteiger partial charge in [0.05, 0.1) is 13.2 Å². The third kappa shape index (κ3) is 6.94. The molecule has 28 heavy (non-hydrogen) atoms. The normalized spacial score (nSPS) is 15.3. The van der Waals surface area contributed by atoms with E-state index in [1.54, 1.807) is 12.1 Å². The second-order valence-electron chi connectivity index (χ2n) is 7.04. The molecule has 0 unspecified atom stereocenters. The molecular weight excluding hydrogens is 357 g/mol. The van der Waals surface area contributed by atoms with E-state index in [2.05, 4.69) is 15.1 Å². The van der Waals surface area contributed by atoms with Crippen LogP contribution in [-0.4, -0.2) is 61.6 Å². The monoisotopic (exact) mass is 385 g/mol. The molecule has 6 heteroatoms. The lowest BCUT2D eigenvalue weighted by Crippen LogP contribution is -2.49. The van der Waals surface area contributed by atoms with Gasteiger partial charge in [0.2, 0.25) is 5.91 Å². The number of amides is 1. The van der Waals surface area contributed by atoms with E-state index in [9.17, 15) is 9.18 Å². The van der Waals surface area contributed by atoms with Gasteiger partial charge in [0.25, 0.3) is 0 Å². The van der Waals surface area contributed by atoms with Crippen molar-refractivity contribution in [1.82, 2.24) is 15.1 Å². The van der Waals surface area contributed by atoms with E-state index < -0.39 is 0 Å². The molecule has 150 valence electrons. The fourth-order valence-electron chi connectivity index (χ4n) is 3.24. The van der Waals surface area contributed by atoms with Gasteiger partial charge in [-0.15, -0.1) is 0 Å². The number of nitrogens with zero attached hydrogens (tertiary/aromatic N) is 2. The van der Waals surface area contributed by atoms with E-state index in [1.165, 1.54) is 12.1 Å². The molecule has 0 spiro atoms. The lowest BCUT2D eigenvalue weighted by atomic mass is 10.2. The van der Waals surface area contributed by atoms with Gasteiger partial charge in [0, 0.05) is 39.3 Å². The topological polar surface area (TPSA) is 44.8 Å². The van der Waals surface area contributed by atoms with Crippen molar-refractivity contribution in [3.8, 4) is 5.75 Å². The molecule has 0 aromatic heterocycles. The third-order valence-electron chi connectivity index (χ3n) is 4.87. The zero-order valence-electron chi connectivity index (χ0n) is 16.1. The second kappa shape index (κ2) is 10.8. The van der Waals surface area contributed by atoms with Crippen molar-refractivity contribution in [2.75, 3.05) is 45.9 Å². The molecule has 0 saturated carbocycles. The number of carbonyl (C=O) groups excluding carboxylic acids is 1. The van der Waals surface area contributed by atoms with Crippen LogP contribution in [0.1, 0.15) is 12.0 Å². The van der Waals surface area contributed by atoms with Crippen LogP contribution in [0.2, 0.25) is 0 Å². The SMILES string of the molecule is O=C(CN1CCN(CCCOc2ccc(F)cc2)CC1)NCc1ccccc1. The standard InChI is InChI=1S/C22H28FN3O2/c23-20-7-9-21(10-8-20)28-16-4-11-25-12-14-26(15-13-25)18-22(27)24-17-19-5-2-1-3-6-19/h1-3,5-10H,4,11-18H2,(H,24,27). The molecule has 1 N–H and O–H groups in total. The van der Waals surface area contributed by atoms with Crippen molar-refractivity contribution in [2.45, 2.75) is 13.0 Å². The summed E-state index contributed by atoms with van der Waals surface area (Å²) in [5, 5.41) is 2.98.